The summed E-state index contributed by atoms with van der Waals surface area (Å²) in [6.07, 6.45) is 17.2. The van der Waals surface area contributed by atoms with E-state index in [0.29, 0.717) is 25.2 Å². The lowest BCUT2D eigenvalue weighted by molar-refractivity contribution is -0.521. The fourth-order valence-corrected chi connectivity index (χ4v) is 9.51. The molecule has 0 fully saturated rings. The Morgan fingerprint density at radius 1 is 0.690 bits per heavy atom. The minimum Gasteiger partial charge on any atom is -0.493 e. The van der Waals surface area contributed by atoms with Crippen LogP contribution in [0.25, 0.3) is 12.2 Å². The van der Waals surface area contributed by atoms with Crippen molar-refractivity contribution in [3.63, 3.8) is 0 Å². The molecule has 6 rings (SSSR count). The molecule has 58 heavy (non-hydrogen) atoms. The van der Waals surface area contributed by atoms with Gasteiger partial charge in [-0.05, 0) is 135 Å². The van der Waals surface area contributed by atoms with Crippen molar-refractivity contribution < 1.29 is 18.6 Å². The van der Waals surface area contributed by atoms with E-state index < -0.39 is 0 Å². The first-order valence-corrected chi connectivity index (χ1v) is 22.0. The van der Waals surface area contributed by atoms with Gasteiger partial charge in [-0.2, -0.15) is 4.58 Å². The van der Waals surface area contributed by atoms with E-state index in [1.54, 1.807) is 0 Å². The van der Waals surface area contributed by atoms with Gasteiger partial charge in [-0.25, -0.2) is 4.58 Å². The Morgan fingerprint density at radius 2 is 1.29 bits per heavy atom. The minimum absolute atomic E-state index is 0.0677. The van der Waals surface area contributed by atoms with Crippen LogP contribution < -0.4 is 19.3 Å². The van der Waals surface area contributed by atoms with Crippen LogP contribution in [0.1, 0.15) is 84.9 Å². The molecular formula is C50H64Cl2N4O2+2. The van der Waals surface area contributed by atoms with Crippen LogP contribution in [0.3, 0.4) is 0 Å². The minimum atomic E-state index is -0.181. The molecule has 2 aliphatic heterocycles. The van der Waals surface area contributed by atoms with Crippen LogP contribution in [0, 0.1) is 11.3 Å². The number of hydrogen-bond donors (Lipinski definition) is 0. The molecule has 0 amide bonds. The molecule has 3 aromatic rings. The van der Waals surface area contributed by atoms with Crippen LogP contribution in [0.2, 0.25) is 5.02 Å². The van der Waals surface area contributed by atoms with Gasteiger partial charge in [-0.1, -0.05) is 29.3 Å². The van der Waals surface area contributed by atoms with Crippen molar-refractivity contribution in [3.8, 4) is 11.5 Å². The standard InChI is InChI=1S/C50H64Cl2N4O2/c1-11-55(12-2)39-23-26-45(36(31-39)19-28-48-50(7,8)42-33-38(52)21-25-44(42)54(48)10)57-29-15-16-30-58-46-34-40(56(13-3)14-4)22-17-35(46)18-27-47-49(5,6)41-32-37(51)20-24-43(41)53(47)9/h17-28,31-34,42,44H,11-16,29-30H2,1-10H3/q+2/b28-19+. The van der Waals surface area contributed by atoms with Gasteiger partial charge < -0.3 is 19.3 Å². The molecule has 2 unspecified atom stereocenters. The Morgan fingerprint density at radius 3 is 1.97 bits per heavy atom. The van der Waals surface area contributed by atoms with E-state index in [0.717, 1.165) is 71.7 Å². The van der Waals surface area contributed by atoms with Gasteiger partial charge in [0.1, 0.15) is 25.6 Å². The predicted octanol–water partition coefficient (Wildman–Crippen LogP) is 11.8. The van der Waals surface area contributed by atoms with Gasteiger partial charge in [0, 0.05) is 88.6 Å². The second-order valence-electron chi connectivity index (χ2n) is 16.7. The van der Waals surface area contributed by atoms with Crippen molar-refractivity contribution >= 4 is 63.8 Å². The summed E-state index contributed by atoms with van der Waals surface area (Å²) in [4.78, 5) is 4.73. The van der Waals surface area contributed by atoms with E-state index in [-0.39, 0.29) is 10.8 Å². The van der Waals surface area contributed by atoms with E-state index in [1.165, 1.54) is 34.0 Å². The maximum Gasteiger partial charge on any atom is 0.209 e. The molecule has 308 valence electrons. The van der Waals surface area contributed by atoms with Crippen molar-refractivity contribution in [2.75, 3.05) is 63.3 Å². The van der Waals surface area contributed by atoms with Gasteiger partial charge in [0.05, 0.1) is 30.0 Å². The lowest BCUT2D eigenvalue weighted by Gasteiger charge is -2.25. The molecule has 0 bridgehead atoms. The Kier molecular flexibility index (Phi) is 13.7. The number of halogens is 2. The van der Waals surface area contributed by atoms with Gasteiger partial charge in [0.25, 0.3) is 0 Å². The Hall–Kier alpha value is -4.26. The zero-order valence-electron chi connectivity index (χ0n) is 36.4. The van der Waals surface area contributed by atoms with Crippen molar-refractivity contribution in [2.45, 2.75) is 79.7 Å². The van der Waals surface area contributed by atoms with Crippen LogP contribution in [0.4, 0.5) is 17.1 Å². The highest BCUT2D eigenvalue weighted by Gasteiger charge is 2.51. The SMILES string of the molecule is CCN(CC)c1ccc(OCCCCOc2cc(N(CC)CC)ccc2/C=C/C2=[N+](C)c3ccc(Cl)cc3C2(C)C)c(/C=C/C2=[N+](C)C3C=CC(Cl)=CC3C2(C)C)c1. The van der Waals surface area contributed by atoms with Gasteiger partial charge in [-0.15, -0.1) is 0 Å². The summed E-state index contributed by atoms with van der Waals surface area (Å²) in [5.41, 5.74) is 9.21. The fraction of sp³-hybridized carbons (Fsp3) is 0.440. The van der Waals surface area contributed by atoms with Crippen LogP contribution in [-0.4, -0.2) is 80.1 Å². The van der Waals surface area contributed by atoms with Gasteiger partial charge in [0.2, 0.25) is 5.69 Å². The van der Waals surface area contributed by atoms with Gasteiger partial charge in [0.15, 0.2) is 17.5 Å². The highest BCUT2D eigenvalue weighted by atomic mass is 35.5. The quantitative estimate of drug-likeness (QED) is 0.100. The lowest BCUT2D eigenvalue weighted by Crippen LogP contribution is -2.30. The van der Waals surface area contributed by atoms with Crippen LogP contribution in [0.15, 0.2) is 90.0 Å². The molecule has 6 nitrogen and oxygen atoms in total. The van der Waals surface area contributed by atoms with Gasteiger partial charge in [-0.3, -0.25) is 0 Å². The largest absolute Gasteiger partial charge is 0.493 e. The molecule has 0 saturated heterocycles. The summed E-state index contributed by atoms with van der Waals surface area (Å²) < 4.78 is 17.8. The van der Waals surface area contributed by atoms with E-state index in [9.17, 15) is 0 Å². The fourth-order valence-electron chi connectivity index (χ4n) is 9.13. The summed E-state index contributed by atoms with van der Waals surface area (Å²) in [7, 11) is 4.33. The second kappa shape index (κ2) is 18.3. The highest BCUT2D eigenvalue weighted by molar-refractivity contribution is 6.31. The van der Waals surface area contributed by atoms with Crippen LogP contribution in [0.5, 0.6) is 11.5 Å². The summed E-state index contributed by atoms with van der Waals surface area (Å²) in [5, 5.41) is 1.58. The Labute approximate surface area is 358 Å². The summed E-state index contributed by atoms with van der Waals surface area (Å²) in [5.74, 6) is 2.11. The van der Waals surface area contributed by atoms with E-state index in [1.807, 2.05) is 12.1 Å². The van der Waals surface area contributed by atoms with E-state index >= 15 is 0 Å². The van der Waals surface area contributed by atoms with E-state index in [4.69, 9.17) is 32.7 Å². The Balaban J connectivity index is 1.15. The molecule has 2 heterocycles. The number of anilines is 2. The number of hydrogen-bond acceptors (Lipinski definition) is 4. The topological polar surface area (TPSA) is 31.0 Å². The first-order valence-electron chi connectivity index (χ1n) is 21.2. The average Bonchev–Trinajstić information content (AvgIpc) is 3.51. The van der Waals surface area contributed by atoms with Crippen molar-refractivity contribution in [2.24, 2.45) is 11.3 Å². The molecule has 3 aromatic carbocycles. The molecule has 8 heteroatoms. The lowest BCUT2D eigenvalue weighted by atomic mass is 9.73. The first-order chi connectivity index (χ1) is 27.7. The molecule has 3 aliphatic rings. The molecule has 0 aromatic heterocycles. The monoisotopic (exact) mass is 822 g/mol. The van der Waals surface area contributed by atoms with Crippen molar-refractivity contribution in [1.82, 2.24) is 0 Å². The molecule has 0 radical (unpaired) electrons. The third-order valence-electron chi connectivity index (χ3n) is 12.6. The first kappa shape index (κ1) is 43.3. The smallest absolute Gasteiger partial charge is 0.209 e. The number of ether oxygens (including phenoxy) is 2. The number of allylic oxidation sites excluding steroid dienone is 4. The highest BCUT2D eigenvalue weighted by Crippen LogP contribution is 2.44. The number of fused-ring (bicyclic) bond motifs is 2. The third kappa shape index (κ3) is 8.84. The second-order valence-corrected chi connectivity index (χ2v) is 17.6. The molecule has 0 spiro atoms. The third-order valence-corrected chi connectivity index (χ3v) is 13.1. The molecule has 0 saturated carbocycles. The maximum absolute atomic E-state index is 6.59. The molecule has 0 N–H and O–H groups in total. The zero-order valence-corrected chi connectivity index (χ0v) is 37.9. The van der Waals surface area contributed by atoms with Crippen molar-refractivity contribution in [3.05, 3.63) is 112 Å². The Bertz CT molecular complexity index is 2170. The molecule has 1 aliphatic carbocycles. The number of unbranched alkanes of at least 4 members (excludes halogenated alkanes) is 1. The summed E-state index contributed by atoms with van der Waals surface area (Å²) in [6, 6.07) is 19.6. The van der Waals surface area contributed by atoms with E-state index in [2.05, 4.69) is 173 Å². The summed E-state index contributed by atoms with van der Waals surface area (Å²) >= 11 is 12.9. The normalized spacial score (nSPS) is 19.3. The number of benzene rings is 3. The number of rotatable bonds is 17. The van der Waals surface area contributed by atoms with Gasteiger partial charge >= 0.3 is 0 Å². The van der Waals surface area contributed by atoms with Crippen molar-refractivity contribution in [1.29, 1.82) is 0 Å². The zero-order chi connectivity index (χ0) is 41.8. The predicted molar refractivity (Wildman–Crippen MR) is 249 cm³/mol. The number of nitrogens with zero attached hydrogens (tertiary/aromatic N) is 4. The molecular weight excluding hydrogens is 759 g/mol. The van der Waals surface area contributed by atoms with Crippen LogP contribution >= 0.6 is 23.2 Å². The summed E-state index contributed by atoms with van der Waals surface area (Å²) in [6.45, 7) is 22.9. The van der Waals surface area contributed by atoms with Crippen LogP contribution in [-0.2, 0) is 5.41 Å². The average molecular weight is 824 g/mol. The number of likely N-dealkylation sites (N-methyl/N-ethyl adjacent to an activating group) is 1. The molecule has 2 atom stereocenters. The maximum atomic E-state index is 6.59.